The Hall–Kier alpha value is -1.27. The highest BCUT2D eigenvalue weighted by atomic mass is 32.2. The van der Waals surface area contributed by atoms with Gasteiger partial charge in [-0.1, -0.05) is 45.4 Å². The molecule has 120 valence electrons. The van der Waals surface area contributed by atoms with Crippen LogP contribution < -0.4 is 14.1 Å². The van der Waals surface area contributed by atoms with Crippen LogP contribution in [0.2, 0.25) is 0 Å². The van der Waals surface area contributed by atoms with Gasteiger partial charge in [-0.15, -0.1) is 0 Å². The summed E-state index contributed by atoms with van der Waals surface area (Å²) in [6, 6.07) is 6.37. The van der Waals surface area contributed by atoms with Gasteiger partial charge < -0.3 is 8.92 Å². The summed E-state index contributed by atoms with van der Waals surface area (Å²) in [6.45, 7) is 2.89. The van der Waals surface area contributed by atoms with Crippen molar-refractivity contribution in [2.24, 2.45) is 5.14 Å². The number of hydrogen-bond donors (Lipinski definition) is 1. The standard InChI is InChI=1S/C15H25NO4S/c1-2-3-4-5-6-7-8-13-19-14-9-11-15(12-10-14)20-21(16,17)18/h9-12H,2-8,13H2,1H3,(H2,16,17,18). The topological polar surface area (TPSA) is 78.6 Å². The SMILES string of the molecule is CCCCCCCCCOc1ccc(OS(N)(=O)=O)cc1. The molecule has 21 heavy (non-hydrogen) atoms. The maximum absolute atomic E-state index is 10.7. The van der Waals surface area contributed by atoms with Crippen LogP contribution in [0.25, 0.3) is 0 Å². The van der Waals surface area contributed by atoms with E-state index >= 15 is 0 Å². The van der Waals surface area contributed by atoms with E-state index in [0.717, 1.165) is 6.42 Å². The zero-order chi connectivity index (χ0) is 15.6. The molecule has 0 fully saturated rings. The van der Waals surface area contributed by atoms with Crippen LogP contribution in [0.3, 0.4) is 0 Å². The molecular formula is C15H25NO4S. The summed E-state index contributed by atoms with van der Waals surface area (Å²) in [6.07, 6.45) is 8.68. The smallest absolute Gasteiger partial charge is 0.380 e. The van der Waals surface area contributed by atoms with Crippen LogP contribution in [0.4, 0.5) is 0 Å². The summed E-state index contributed by atoms with van der Waals surface area (Å²) in [4.78, 5) is 0. The van der Waals surface area contributed by atoms with Crippen molar-refractivity contribution in [2.45, 2.75) is 51.9 Å². The Labute approximate surface area is 127 Å². The minimum Gasteiger partial charge on any atom is -0.494 e. The Morgan fingerprint density at radius 1 is 0.905 bits per heavy atom. The van der Waals surface area contributed by atoms with Crippen molar-refractivity contribution in [3.8, 4) is 11.5 Å². The third kappa shape index (κ3) is 9.31. The Bertz CT molecular complexity index is 485. The van der Waals surface area contributed by atoms with E-state index < -0.39 is 10.3 Å². The highest BCUT2D eigenvalue weighted by Gasteiger charge is 2.04. The van der Waals surface area contributed by atoms with Crippen LogP contribution in [0.15, 0.2) is 24.3 Å². The highest BCUT2D eigenvalue weighted by molar-refractivity contribution is 7.84. The predicted molar refractivity (Wildman–Crippen MR) is 83.7 cm³/mol. The van der Waals surface area contributed by atoms with E-state index in [9.17, 15) is 8.42 Å². The van der Waals surface area contributed by atoms with Crippen LogP contribution in [0.1, 0.15) is 51.9 Å². The summed E-state index contributed by atoms with van der Waals surface area (Å²) >= 11 is 0. The third-order valence-electron chi connectivity index (χ3n) is 3.05. The van der Waals surface area contributed by atoms with Gasteiger partial charge >= 0.3 is 10.3 Å². The average molecular weight is 315 g/mol. The first-order valence-electron chi connectivity index (χ1n) is 7.46. The zero-order valence-corrected chi connectivity index (χ0v) is 13.4. The van der Waals surface area contributed by atoms with E-state index in [4.69, 9.17) is 9.88 Å². The second-order valence-electron chi connectivity index (χ2n) is 5.02. The van der Waals surface area contributed by atoms with Crippen molar-refractivity contribution in [2.75, 3.05) is 6.61 Å². The fourth-order valence-electron chi connectivity index (χ4n) is 1.97. The van der Waals surface area contributed by atoms with Crippen molar-refractivity contribution < 1.29 is 17.3 Å². The minimum atomic E-state index is -3.96. The van der Waals surface area contributed by atoms with Crippen LogP contribution in [-0.2, 0) is 10.3 Å². The number of hydrogen-bond acceptors (Lipinski definition) is 4. The fourth-order valence-corrected chi connectivity index (χ4v) is 2.35. The number of benzene rings is 1. The van der Waals surface area contributed by atoms with Crippen LogP contribution in [0.5, 0.6) is 11.5 Å². The Morgan fingerprint density at radius 2 is 1.43 bits per heavy atom. The summed E-state index contributed by atoms with van der Waals surface area (Å²) in [7, 11) is -3.96. The minimum absolute atomic E-state index is 0.181. The Morgan fingerprint density at radius 3 is 2.00 bits per heavy atom. The molecule has 0 radical (unpaired) electrons. The number of rotatable bonds is 11. The van der Waals surface area contributed by atoms with Gasteiger partial charge in [0.2, 0.25) is 0 Å². The van der Waals surface area contributed by atoms with E-state index in [1.165, 1.54) is 50.7 Å². The molecule has 0 amide bonds. The molecule has 0 saturated carbocycles. The van der Waals surface area contributed by atoms with Gasteiger partial charge in [0.05, 0.1) is 6.61 Å². The average Bonchev–Trinajstić information content (AvgIpc) is 2.42. The highest BCUT2D eigenvalue weighted by Crippen LogP contribution is 2.18. The molecule has 5 nitrogen and oxygen atoms in total. The van der Waals surface area contributed by atoms with Crippen molar-refractivity contribution in [1.82, 2.24) is 0 Å². The second-order valence-corrected chi connectivity index (χ2v) is 6.17. The molecule has 0 aromatic heterocycles. The summed E-state index contributed by atoms with van der Waals surface area (Å²) in [5.41, 5.74) is 0. The second kappa shape index (κ2) is 9.63. The Balaban J connectivity index is 2.15. The molecule has 0 aliphatic rings. The lowest BCUT2D eigenvalue weighted by molar-refractivity contribution is 0.304. The lowest BCUT2D eigenvalue weighted by Crippen LogP contribution is -2.18. The van der Waals surface area contributed by atoms with E-state index in [-0.39, 0.29) is 5.75 Å². The molecule has 0 aliphatic heterocycles. The summed E-state index contributed by atoms with van der Waals surface area (Å²) in [5, 5.41) is 4.78. The molecule has 0 unspecified atom stereocenters. The van der Waals surface area contributed by atoms with E-state index in [2.05, 4.69) is 11.1 Å². The van der Waals surface area contributed by atoms with Gasteiger partial charge in [0.1, 0.15) is 11.5 Å². The van der Waals surface area contributed by atoms with Crippen LogP contribution >= 0.6 is 0 Å². The molecule has 1 rings (SSSR count). The third-order valence-corrected chi connectivity index (χ3v) is 3.48. The van der Waals surface area contributed by atoms with Gasteiger partial charge in [-0.25, -0.2) is 0 Å². The maximum Gasteiger partial charge on any atom is 0.380 e. The van der Waals surface area contributed by atoms with Crippen molar-refractivity contribution in [3.05, 3.63) is 24.3 Å². The molecular weight excluding hydrogens is 290 g/mol. The van der Waals surface area contributed by atoms with E-state index in [1.54, 1.807) is 12.1 Å². The molecule has 0 saturated heterocycles. The summed E-state index contributed by atoms with van der Waals surface area (Å²) in [5.74, 6) is 0.878. The van der Waals surface area contributed by atoms with Gasteiger partial charge in [0, 0.05) is 0 Å². The van der Waals surface area contributed by atoms with Crippen molar-refractivity contribution in [1.29, 1.82) is 0 Å². The molecule has 0 heterocycles. The monoisotopic (exact) mass is 315 g/mol. The van der Waals surface area contributed by atoms with Crippen molar-refractivity contribution in [3.63, 3.8) is 0 Å². The van der Waals surface area contributed by atoms with Gasteiger partial charge in [0.25, 0.3) is 0 Å². The molecule has 2 N–H and O–H groups in total. The predicted octanol–water partition coefficient (Wildman–Crippen LogP) is 3.40. The van der Waals surface area contributed by atoms with Crippen LogP contribution in [0, 0.1) is 0 Å². The molecule has 0 bridgehead atoms. The normalized spacial score (nSPS) is 11.3. The zero-order valence-electron chi connectivity index (χ0n) is 12.6. The quantitative estimate of drug-likeness (QED) is 0.635. The van der Waals surface area contributed by atoms with Gasteiger partial charge in [0.15, 0.2) is 0 Å². The lowest BCUT2D eigenvalue weighted by Gasteiger charge is -2.07. The van der Waals surface area contributed by atoms with Gasteiger partial charge in [-0.2, -0.15) is 13.6 Å². The molecule has 1 aromatic rings. The molecule has 0 spiro atoms. The molecule has 0 atom stereocenters. The van der Waals surface area contributed by atoms with E-state index in [1.807, 2.05) is 0 Å². The summed E-state index contributed by atoms with van der Waals surface area (Å²) < 4.78 is 31.6. The Kier molecular flexibility index (Phi) is 8.15. The first-order chi connectivity index (χ1) is 10.0. The van der Waals surface area contributed by atoms with Crippen LogP contribution in [-0.4, -0.2) is 15.0 Å². The van der Waals surface area contributed by atoms with E-state index in [0.29, 0.717) is 12.4 Å². The fraction of sp³-hybridized carbons (Fsp3) is 0.600. The molecule has 0 aliphatic carbocycles. The first kappa shape index (κ1) is 17.8. The number of unbranched alkanes of at least 4 members (excludes halogenated alkanes) is 6. The lowest BCUT2D eigenvalue weighted by atomic mass is 10.1. The van der Waals surface area contributed by atoms with Gasteiger partial charge in [-0.3, -0.25) is 0 Å². The first-order valence-corrected chi connectivity index (χ1v) is 8.93. The maximum atomic E-state index is 10.7. The largest absolute Gasteiger partial charge is 0.494 e. The molecule has 6 heteroatoms. The van der Waals surface area contributed by atoms with Crippen molar-refractivity contribution >= 4 is 10.3 Å². The molecule has 1 aromatic carbocycles. The number of nitrogens with two attached hydrogens (primary N) is 1. The van der Waals surface area contributed by atoms with Gasteiger partial charge in [-0.05, 0) is 30.7 Å². The number of ether oxygens (including phenoxy) is 1.